The van der Waals surface area contributed by atoms with Gasteiger partial charge in [0.25, 0.3) is 5.91 Å². The molecule has 0 spiro atoms. The number of imide groups is 1. The maximum Gasteiger partial charge on any atom is 0.342 e. The number of benzene rings is 1. The molecular formula is C21H23N7O3. The van der Waals surface area contributed by atoms with E-state index >= 15 is 0 Å². The van der Waals surface area contributed by atoms with Crippen molar-refractivity contribution in [2.75, 3.05) is 37.6 Å². The first-order valence-corrected chi connectivity index (χ1v) is 10.4. The number of piperazine rings is 1. The van der Waals surface area contributed by atoms with E-state index in [-0.39, 0.29) is 24.8 Å². The highest BCUT2D eigenvalue weighted by atomic mass is 16.2. The molecule has 0 atom stereocenters. The summed E-state index contributed by atoms with van der Waals surface area (Å²) in [6.45, 7) is 4.89. The summed E-state index contributed by atoms with van der Waals surface area (Å²) in [4.78, 5) is 49.5. The molecule has 2 saturated heterocycles. The topological polar surface area (TPSA) is 102 Å². The van der Waals surface area contributed by atoms with Crippen molar-refractivity contribution in [1.29, 1.82) is 0 Å². The van der Waals surface area contributed by atoms with Crippen LogP contribution in [0.5, 0.6) is 0 Å². The van der Waals surface area contributed by atoms with Gasteiger partial charge < -0.3 is 4.90 Å². The predicted molar refractivity (Wildman–Crippen MR) is 111 cm³/mol. The Bertz CT molecular complexity index is 1020. The highest BCUT2D eigenvalue weighted by molar-refractivity contribution is 6.01. The second kappa shape index (κ2) is 7.95. The normalized spacial score (nSPS) is 19.6. The number of fused-ring (bicyclic) bond motifs is 1. The van der Waals surface area contributed by atoms with Crippen LogP contribution in [0.15, 0.2) is 36.7 Å². The van der Waals surface area contributed by atoms with E-state index in [0.29, 0.717) is 12.1 Å². The molecule has 5 rings (SSSR count). The van der Waals surface area contributed by atoms with E-state index in [1.807, 2.05) is 24.3 Å². The van der Waals surface area contributed by atoms with Crippen LogP contribution in [-0.4, -0.2) is 75.5 Å². The standard InChI is InChI=1S/C21H23N7O3/c29-18-4-7-27(21(31)24-18)28-14-16-12-15(2-3-17(16)19(28)30)13-25-8-10-26(11-9-25)20-22-5-1-6-23-20/h1-3,5-6,12H,4,7-11,13-14H2,(H,24,29,31). The number of carbonyl (C=O) groups is 3. The molecule has 0 radical (unpaired) electrons. The lowest BCUT2D eigenvalue weighted by Crippen LogP contribution is -2.56. The van der Waals surface area contributed by atoms with E-state index in [2.05, 4.69) is 25.1 Å². The molecule has 4 amide bonds. The second-order valence-corrected chi connectivity index (χ2v) is 7.89. The third-order valence-corrected chi connectivity index (χ3v) is 5.89. The summed E-state index contributed by atoms with van der Waals surface area (Å²) in [5.74, 6) is 0.246. The monoisotopic (exact) mass is 421 g/mol. The first kappa shape index (κ1) is 19.4. The highest BCUT2D eigenvalue weighted by Crippen LogP contribution is 2.27. The summed E-state index contributed by atoms with van der Waals surface area (Å²) >= 11 is 0. The molecule has 31 heavy (non-hydrogen) atoms. The van der Waals surface area contributed by atoms with Crippen molar-refractivity contribution in [2.45, 2.75) is 19.5 Å². The van der Waals surface area contributed by atoms with Crippen molar-refractivity contribution in [3.05, 3.63) is 53.3 Å². The van der Waals surface area contributed by atoms with Crippen LogP contribution in [-0.2, 0) is 17.9 Å². The quantitative estimate of drug-likeness (QED) is 0.772. The Labute approximate surface area is 179 Å². The second-order valence-electron chi connectivity index (χ2n) is 7.89. The Balaban J connectivity index is 1.22. The fourth-order valence-corrected chi connectivity index (χ4v) is 4.26. The van der Waals surface area contributed by atoms with Gasteiger partial charge in [-0.3, -0.25) is 19.8 Å². The SMILES string of the molecule is O=C1CCN(N2Cc3cc(CN4CCN(c5ncccn5)CC4)ccc3C2=O)C(=O)N1. The van der Waals surface area contributed by atoms with Crippen LogP contribution in [0, 0.1) is 0 Å². The average molecular weight is 421 g/mol. The number of hydrazine groups is 1. The molecule has 4 heterocycles. The van der Waals surface area contributed by atoms with Gasteiger partial charge >= 0.3 is 6.03 Å². The Morgan fingerprint density at radius 3 is 2.45 bits per heavy atom. The summed E-state index contributed by atoms with van der Waals surface area (Å²) in [5.41, 5.74) is 2.65. The number of urea groups is 1. The lowest BCUT2D eigenvalue weighted by Gasteiger charge is -2.34. The highest BCUT2D eigenvalue weighted by Gasteiger charge is 2.36. The van der Waals surface area contributed by atoms with Gasteiger partial charge in [0.2, 0.25) is 11.9 Å². The van der Waals surface area contributed by atoms with E-state index in [4.69, 9.17) is 0 Å². The molecule has 160 valence electrons. The number of anilines is 1. The van der Waals surface area contributed by atoms with Gasteiger partial charge in [0.1, 0.15) is 0 Å². The molecule has 3 aliphatic heterocycles. The molecule has 0 bridgehead atoms. The zero-order chi connectivity index (χ0) is 21.4. The summed E-state index contributed by atoms with van der Waals surface area (Å²) in [6, 6.07) is 7.14. The van der Waals surface area contributed by atoms with E-state index in [0.717, 1.165) is 49.8 Å². The van der Waals surface area contributed by atoms with Crippen molar-refractivity contribution in [3.63, 3.8) is 0 Å². The van der Waals surface area contributed by atoms with Crippen molar-refractivity contribution in [2.24, 2.45) is 0 Å². The van der Waals surface area contributed by atoms with Crippen LogP contribution in [0.25, 0.3) is 0 Å². The first-order chi connectivity index (χ1) is 15.1. The van der Waals surface area contributed by atoms with Crippen LogP contribution in [0.4, 0.5) is 10.7 Å². The van der Waals surface area contributed by atoms with Crippen LogP contribution < -0.4 is 10.2 Å². The average Bonchev–Trinajstić information content (AvgIpc) is 3.10. The molecule has 0 unspecified atom stereocenters. The van der Waals surface area contributed by atoms with E-state index < -0.39 is 6.03 Å². The molecule has 0 aliphatic carbocycles. The summed E-state index contributed by atoms with van der Waals surface area (Å²) in [5, 5.41) is 5.02. The molecule has 2 fully saturated rings. The van der Waals surface area contributed by atoms with Crippen molar-refractivity contribution < 1.29 is 14.4 Å². The molecule has 1 N–H and O–H groups in total. The zero-order valence-corrected chi connectivity index (χ0v) is 17.0. The smallest absolute Gasteiger partial charge is 0.338 e. The summed E-state index contributed by atoms with van der Waals surface area (Å²) in [7, 11) is 0. The molecule has 1 aromatic heterocycles. The Morgan fingerprint density at radius 1 is 0.935 bits per heavy atom. The number of nitrogens with zero attached hydrogens (tertiary/aromatic N) is 6. The van der Waals surface area contributed by atoms with Gasteiger partial charge in [-0.15, -0.1) is 0 Å². The fraction of sp³-hybridized carbons (Fsp3) is 0.381. The number of amides is 4. The Morgan fingerprint density at radius 2 is 1.71 bits per heavy atom. The molecule has 0 saturated carbocycles. The molecule has 10 heteroatoms. The van der Waals surface area contributed by atoms with Gasteiger partial charge in [-0.2, -0.15) is 0 Å². The maximum absolute atomic E-state index is 12.8. The van der Waals surface area contributed by atoms with Gasteiger partial charge in [-0.1, -0.05) is 12.1 Å². The third-order valence-electron chi connectivity index (χ3n) is 5.89. The number of hydrogen-bond donors (Lipinski definition) is 1. The minimum Gasteiger partial charge on any atom is -0.338 e. The molecule has 2 aromatic rings. The van der Waals surface area contributed by atoms with Gasteiger partial charge in [0, 0.05) is 57.1 Å². The lowest BCUT2D eigenvalue weighted by atomic mass is 10.1. The number of hydrogen-bond acceptors (Lipinski definition) is 7. The lowest BCUT2D eigenvalue weighted by molar-refractivity contribution is -0.123. The number of aromatic nitrogens is 2. The third kappa shape index (κ3) is 3.81. The fourth-order valence-electron chi connectivity index (χ4n) is 4.26. The van der Waals surface area contributed by atoms with Gasteiger partial charge in [-0.25, -0.2) is 24.8 Å². The molecule has 10 nitrogen and oxygen atoms in total. The van der Waals surface area contributed by atoms with Gasteiger partial charge in [0.05, 0.1) is 13.1 Å². The number of rotatable bonds is 4. The van der Waals surface area contributed by atoms with Crippen molar-refractivity contribution in [3.8, 4) is 0 Å². The maximum atomic E-state index is 12.8. The van der Waals surface area contributed by atoms with Crippen LogP contribution >= 0.6 is 0 Å². The van der Waals surface area contributed by atoms with Crippen molar-refractivity contribution >= 4 is 23.8 Å². The molecule has 1 aromatic carbocycles. The van der Waals surface area contributed by atoms with E-state index in [1.165, 1.54) is 10.0 Å². The van der Waals surface area contributed by atoms with Gasteiger partial charge in [0.15, 0.2) is 0 Å². The van der Waals surface area contributed by atoms with Crippen LogP contribution in [0.1, 0.15) is 27.9 Å². The van der Waals surface area contributed by atoms with E-state index in [9.17, 15) is 14.4 Å². The van der Waals surface area contributed by atoms with E-state index in [1.54, 1.807) is 12.4 Å². The van der Waals surface area contributed by atoms with Crippen LogP contribution in [0.2, 0.25) is 0 Å². The molecule has 3 aliphatic rings. The van der Waals surface area contributed by atoms with Gasteiger partial charge in [-0.05, 0) is 23.3 Å². The first-order valence-electron chi connectivity index (χ1n) is 10.4. The number of carbonyl (C=O) groups excluding carboxylic acids is 3. The summed E-state index contributed by atoms with van der Waals surface area (Å²) in [6.07, 6.45) is 3.71. The Kier molecular flexibility index (Phi) is 4.99. The number of nitrogens with one attached hydrogen (secondary N) is 1. The van der Waals surface area contributed by atoms with Crippen LogP contribution in [0.3, 0.4) is 0 Å². The molecular weight excluding hydrogens is 398 g/mol. The predicted octanol–water partition coefficient (Wildman–Crippen LogP) is 0.611. The minimum atomic E-state index is -0.544. The minimum absolute atomic E-state index is 0.192. The zero-order valence-electron chi connectivity index (χ0n) is 17.0. The largest absolute Gasteiger partial charge is 0.342 e. The summed E-state index contributed by atoms with van der Waals surface area (Å²) < 4.78 is 0. The Hall–Kier alpha value is -3.53. The van der Waals surface area contributed by atoms with Crippen molar-refractivity contribution in [1.82, 2.24) is 30.2 Å².